The fraction of sp³-hybridized carbons (Fsp3) is 0.556. The molecule has 1 aromatic heterocycles. The Labute approximate surface area is 92.8 Å². The molecule has 0 aliphatic carbocycles. The molecule has 0 amide bonds. The summed E-state index contributed by atoms with van der Waals surface area (Å²) in [6, 6.07) is 3.67. The van der Waals surface area contributed by atoms with E-state index in [0.717, 1.165) is 17.3 Å². The Morgan fingerprint density at radius 2 is 2.31 bits per heavy atom. The molecular formula is C9H12Cl2OS. The van der Waals surface area contributed by atoms with E-state index in [1.54, 1.807) is 6.07 Å². The third-order valence-electron chi connectivity index (χ3n) is 1.54. The molecule has 1 rings (SSSR count). The van der Waals surface area contributed by atoms with Crippen molar-refractivity contribution in [3.05, 3.63) is 23.1 Å². The SMILES string of the molecule is CC(CCl)CSCc1ccc(Cl)o1. The monoisotopic (exact) mass is 238 g/mol. The van der Waals surface area contributed by atoms with E-state index >= 15 is 0 Å². The summed E-state index contributed by atoms with van der Waals surface area (Å²) in [7, 11) is 0. The van der Waals surface area contributed by atoms with Gasteiger partial charge in [0.05, 0.1) is 5.75 Å². The lowest BCUT2D eigenvalue weighted by atomic mass is 10.3. The van der Waals surface area contributed by atoms with Gasteiger partial charge in [0, 0.05) is 5.88 Å². The lowest BCUT2D eigenvalue weighted by molar-refractivity contribution is 0.532. The Morgan fingerprint density at radius 1 is 1.54 bits per heavy atom. The van der Waals surface area contributed by atoms with Crippen LogP contribution in [0.25, 0.3) is 0 Å². The maximum absolute atomic E-state index is 5.68. The van der Waals surface area contributed by atoms with E-state index in [4.69, 9.17) is 27.6 Å². The van der Waals surface area contributed by atoms with E-state index in [2.05, 4.69) is 6.92 Å². The van der Waals surface area contributed by atoms with Gasteiger partial charge in [-0.25, -0.2) is 0 Å². The number of hydrogen-bond acceptors (Lipinski definition) is 2. The first-order valence-corrected chi connectivity index (χ1v) is 6.17. The lowest BCUT2D eigenvalue weighted by Gasteiger charge is -2.04. The largest absolute Gasteiger partial charge is 0.449 e. The van der Waals surface area contributed by atoms with Gasteiger partial charge >= 0.3 is 0 Å². The molecule has 0 bridgehead atoms. The molecule has 1 heterocycles. The third-order valence-corrected chi connectivity index (χ3v) is 3.56. The van der Waals surface area contributed by atoms with Gasteiger partial charge in [0.25, 0.3) is 0 Å². The second kappa shape index (κ2) is 5.84. The van der Waals surface area contributed by atoms with Gasteiger partial charge in [-0.15, -0.1) is 11.6 Å². The first-order chi connectivity index (χ1) is 6.22. The van der Waals surface area contributed by atoms with E-state index in [1.807, 2.05) is 17.8 Å². The Morgan fingerprint density at radius 3 is 2.85 bits per heavy atom. The van der Waals surface area contributed by atoms with E-state index in [1.165, 1.54) is 0 Å². The highest BCUT2D eigenvalue weighted by Crippen LogP contribution is 2.20. The molecule has 0 saturated heterocycles. The third kappa shape index (κ3) is 4.30. The average molecular weight is 239 g/mol. The van der Waals surface area contributed by atoms with Crippen molar-refractivity contribution in [1.29, 1.82) is 0 Å². The zero-order valence-corrected chi connectivity index (χ0v) is 9.75. The van der Waals surface area contributed by atoms with Crippen LogP contribution in [0.1, 0.15) is 12.7 Å². The van der Waals surface area contributed by atoms with Crippen LogP contribution in [0, 0.1) is 5.92 Å². The van der Waals surface area contributed by atoms with Gasteiger partial charge < -0.3 is 4.42 Å². The summed E-state index contributed by atoms with van der Waals surface area (Å²) in [5, 5.41) is 0.459. The molecule has 0 aliphatic rings. The molecule has 0 aliphatic heterocycles. The van der Waals surface area contributed by atoms with Crippen LogP contribution in [0.3, 0.4) is 0 Å². The molecular weight excluding hydrogens is 227 g/mol. The van der Waals surface area contributed by atoms with Crippen LogP contribution < -0.4 is 0 Å². The first kappa shape index (κ1) is 11.3. The molecule has 1 nitrogen and oxygen atoms in total. The van der Waals surface area contributed by atoms with Crippen molar-refractivity contribution in [3.8, 4) is 0 Å². The number of thioether (sulfide) groups is 1. The van der Waals surface area contributed by atoms with Gasteiger partial charge in [-0.3, -0.25) is 0 Å². The van der Waals surface area contributed by atoms with Gasteiger partial charge in [-0.05, 0) is 35.4 Å². The van der Waals surface area contributed by atoms with Crippen molar-refractivity contribution in [2.45, 2.75) is 12.7 Å². The quantitative estimate of drug-likeness (QED) is 0.719. The minimum absolute atomic E-state index is 0.459. The molecule has 0 saturated carbocycles. The standard InChI is InChI=1S/C9H12Cl2OS/c1-7(4-10)5-13-6-8-2-3-9(11)12-8/h2-3,7H,4-6H2,1H3. The molecule has 0 radical (unpaired) electrons. The summed E-state index contributed by atoms with van der Waals surface area (Å²) in [6.07, 6.45) is 0. The van der Waals surface area contributed by atoms with Crippen molar-refractivity contribution >= 4 is 35.0 Å². The molecule has 0 spiro atoms. The molecule has 0 fully saturated rings. The van der Waals surface area contributed by atoms with Crippen molar-refractivity contribution in [2.75, 3.05) is 11.6 Å². The molecule has 0 N–H and O–H groups in total. The maximum Gasteiger partial charge on any atom is 0.193 e. The van der Waals surface area contributed by atoms with E-state index < -0.39 is 0 Å². The van der Waals surface area contributed by atoms with Crippen LogP contribution in [0.2, 0.25) is 5.22 Å². The molecule has 1 aromatic rings. The molecule has 74 valence electrons. The summed E-state index contributed by atoms with van der Waals surface area (Å²) in [6.45, 7) is 2.13. The lowest BCUT2D eigenvalue weighted by Crippen LogP contribution is -1.99. The summed E-state index contributed by atoms with van der Waals surface area (Å²) in [4.78, 5) is 0. The second-order valence-electron chi connectivity index (χ2n) is 2.98. The Hall–Kier alpha value is 0.210. The molecule has 1 atom stereocenters. The second-order valence-corrected chi connectivity index (χ2v) is 4.69. The van der Waals surface area contributed by atoms with Crippen molar-refractivity contribution < 1.29 is 4.42 Å². The number of furan rings is 1. The van der Waals surface area contributed by atoms with Crippen LogP contribution in [-0.4, -0.2) is 11.6 Å². The highest BCUT2D eigenvalue weighted by atomic mass is 35.5. The van der Waals surface area contributed by atoms with E-state index in [9.17, 15) is 0 Å². The molecule has 0 aromatic carbocycles. The van der Waals surface area contributed by atoms with Crippen molar-refractivity contribution in [2.24, 2.45) is 5.92 Å². The number of hydrogen-bond donors (Lipinski definition) is 0. The predicted octanol–water partition coefficient (Wildman–Crippen LogP) is 4.04. The highest BCUT2D eigenvalue weighted by molar-refractivity contribution is 7.98. The minimum atomic E-state index is 0.459. The first-order valence-electron chi connectivity index (χ1n) is 4.10. The number of alkyl halides is 1. The van der Waals surface area contributed by atoms with Crippen LogP contribution >= 0.6 is 35.0 Å². The normalized spacial score (nSPS) is 13.2. The Bertz CT molecular complexity index is 250. The van der Waals surface area contributed by atoms with Crippen LogP contribution in [0.5, 0.6) is 0 Å². The molecule has 1 unspecified atom stereocenters. The molecule has 13 heavy (non-hydrogen) atoms. The number of rotatable bonds is 5. The molecule has 4 heteroatoms. The zero-order valence-electron chi connectivity index (χ0n) is 7.43. The van der Waals surface area contributed by atoms with Gasteiger partial charge in [0.15, 0.2) is 5.22 Å². The van der Waals surface area contributed by atoms with Crippen LogP contribution in [0.4, 0.5) is 0 Å². The summed E-state index contributed by atoms with van der Waals surface area (Å²) in [5.74, 6) is 4.12. The summed E-state index contributed by atoms with van der Waals surface area (Å²) < 4.78 is 5.21. The number of halogens is 2. The maximum atomic E-state index is 5.68. The fourth-order valence-electron chi connectivity index (χ4n) is 0.835. The Kier molecular flexibility index (Phi) is 5.07. The van der Waals surface area contributed by atoms with Gasteiger partial charge in [0.2, 0.25) is 0 Å². The average Bonchev–Trinajstić information content (AvgIpc) is 2.51. The van der Waals surface area contributed by atoms with Crippen molar-refractivity contribution in [3.63, 3.8) is 0 Å². The van der Waals surface area contributed by atoms with Crippen LogP contribution in [0.15, 0.2) is 16.5 Å². The summed E-state index contributed by atoms with van der Waals surface area (Å²) in [5.41, 5.74) is 0. The van der Waals surface area contributed by atoms with E-state index in [0.29, 0.717) is 17.0 Å². The van der Waals surface area contributed by atoms with Gasteiger partial charge in [0.1, 0.15) is 5.76 Å². The fourth-order valence-corrected chi connectivity index (χ4v) is 2.23. The predicted molar refractivity (Wildman–Crippen MR) is 59.8 cm³/mol. The van der Waals surface area contributed by atoms with Crippen molar-refractivity contribution in [1.82, 2.24) is 0 Å². The smallest absolute Gasteiger partial charge is 0.193 e. The highest BCUT2D eigenvalue weighted by Gasteiger charge is 2.03. The van der Waals surface area contributed by atoms with Gasteiger partial charge in [-0.1, -0.05) is 6.92 Å². The topological polar surface area (TPSA) is 13.1 Å². The summed E-state index contributed by atoms with van der Waals surface area (Å²) >= 11 is 13.1. The van der Waals surface area contributed by atoms with E-state index in [-0.39, 0.29) is 0 Å². The zero-order chi connectivity index (χ0) is 9.68. The van der Waals surface area contributed by atoms with Gasteiger partial charge in [-0.2, -0.15) is 11.8 Å². The Balaban J connectivity index is 2.20. The van der Waals surface area contributed by atoms with Crippen LogP contribution in [-0.2, 0) is 5.75 Å². The minimum Gasteiger partial charge on any atom is -0.449 e.